The molecule has 0 aromatic rings. The largest absolute Gasteiger partial charge is 0.378 e. The van der Waals surface area contributed by atoms with E-state index in [0.717, 1.165) is 19.6 Å². The first kappa shape index (κ1) is 12.3. The number of guanidine groups is 1. The lowest BCUT2D eigenvalue weighted by molar-refractivity contribution is 0.107. The number of rotatable bonds is 3. The summed E-state index contributed by atoms with van der Waals surface area (Å²) >= 11 is 0. The topological polar surface area (TPSA) is 71.7 Å². The number of hydrazine groups is 1. The third-order valence-electron chi connectivity index (χ3n) is 2.58. The van der Waals surface area contributed by atoms with Crippen LogP contribution < -0.4 is 16.6 Å². The molecule has 5 nitrogen and oxygen atoms in total. The molecule has 1 aliphatic rings. The van der Waals surface area contributed by atoms with Crippen LogP contribution in [0.1, 0.15) is 27.2 Å². The summed E-state index contributed by atoms with van der Waals surface area (Å²) in [6.45, 7) is 7.81. The Balaban J connectivity index is 2.39. The monoisotopic (exact) mass is 214 g/mol. The van der Waals surface area contributed by atoms with Crippen LogP contribution in [0, 0.1) is 5.92 Å². The Bertz CT molecular complexity index is 217. The van der Waals surface area contributed by atoms with Gasteiger partial charge in [0.05, 0.1) is 6.10 Å². The van der Waals surface area contributed by atoms with Crippen molar-refractivity contribution in [2.45, 2.75) is 39.3 Å². The van der Waals surface area contributed by atoms with Crippen LogP contribution in [0.5, 0.6) is 0 Å². The van der Waals surface area contributed by atoms with Crippen molar-refractivity contribution in [2.24, 2.45) is 16.8 Å². The lowest BCUT2D eigenvalue weighted by Crippen LogP contribution is -2.44. The minimum Gasteiger partial charge on any atom is -0.378 e. The van der Waals surface area contributed by atoms with Crippen molar-refractivity contribution in [1.82, 2.24) is 10.7 Å². The second kappa shape index (κ2) is 5.92. The van der Waals surface area contributed by atoms with E-state index < -0.39 is 0 Å². The smallest absolute Gasteiger partial charge is 0.205 e. The van der Waals surface area contributed by atoms with Crippen LogP contribution >= 0.6 is 0 Å². The van der Waals surface area contributed by atoms with Crippen molar-refractivity contribution in [3.8, 4) is 0 Å². The van der Waals surface area contributed by atoms with Gasteiger partial charge in [0.1, 0.15) is 0 Å². The van der Waals surface area contributed by atoms with Crippen LogP contribution in [0.3, 0.4) is 0 Å². The highest BCUT2D eigenvalue weighted by Gasteiger charge is 2.23. The average molecular weight is 214 g/mol. The lowest BCUT2D eigenvalue weighted by Gasteiger charge is -2.15. The van der Waals surface area contributed by atoms with Crippen LogP contribution in [-0.2, 0) is 4.74 Å². The van der Waals surface area contributed by atoms with Crippen LogP contribution in [0.25, 0.3) is 0 Å². The van der Waals surface area contributed by atoms with Crippen LogP contribution in [0.2, 0.25) is 0 Å². The third kappa shape index (κ3) is 4.05. The highest BCUT2D eigenvalue weighted by Crippen LogP contribution is 2.20. The second-order valence-electron chi connectivity index (χ2n) is 4.26. The second-order valence-corrected chi connectivity index (χ2v) is 4.26. The van der Waals surface area contributed by atoms with Gasteiger partial charge in [0.25, 0.3) is 0 Å². The van der Waals surface area contributed by atoms with Gasteiger partial charge in [0.15, 0.2) is 0 Å². The zero-order valence-corrected chi connectivity index (χ0v) is 9.79. The molecule has 0 aromatic heterocycles. The number of hydrogen-bond acceptors (Lipinski definition) is 3. The summed E-state index contributed by atoms with van der Waals surface area (Å²) in [4.78, 5) is 4.40. The predicted molar refractivity (Wildman–Crippen MR) is 61.4 cm³/mol. The molecule has 1 rings (SSSR count). The Morgan fingerprint density at radius 1 is 1.60 bits per heavy atom. The summed E-state index contributed by atoms with van der Waals surface area (Å²) in [7, 11) is 0. The molecule has 1 fully saturated rings. The molecule has 0 aromatic carbocycles. The average Bonchev–Trinajstić information content (AvgIpc) is 2.58. The Morgan fingerprint density at radius 2 is 2.33 bits per heavy atom. The molecule has 2 unspecified atom stereocenters. The van der Waals surface area contributed by atoms with E-state index in [1.165, 1.54) is 0 Å². The van der Waals surface area contributed by atoms with E-state index >= 15 is 0 Å². The normalized spacial score (nSPS) is 27.1. The van der Waals surface area contributed by atoms with Gasteiger partial charge in [-0.15, -0.1) is 0 Å². The molecule has 0 aliphatic carbocycles. The van der Waals surface area contributed by atoms with E-state index in [2.05, 4.69) is 22.7 Å². The summed E-state index contributed by atoms with van der Waals surface area (Å²) in [6, 6.07) is 0.331. The van der Waals surface area contributed by atoms with Crippen molar-refractivity contribution in [1.29, 1.82) is 0 Å². The Kier molecular flexibility index (Phi) is 4.84. The van der Waals surface area contributed by atoms with Crippen molar-refractivity contribution in [3.05, 3.63) is 0 Å². The van der Waals surface area contributed by atoms with Gasteiger partial charge in [-0.05, 0) is 27.2 Å². The van der Waals surface area contributed by atoms with Crippen molar-refractivity contribution in [3.63, 3.8) is 0 Å². The van der Waals surface area contributed by atoms with Crippen molar-refractivity contribution in [2.75, 3.05) is 13.2 Å². The van der Waals surface area contributed by atoms with E-state index in [1.54, 1.807) is 0 Å². The highest BCUT2D eigenvalue weighted by molar-refractivity contribution is 5.79. The first-order valence-corrected chi connectivity index (χ1v) is 5.52. The first-order valence-electron chi connectivity index (χ1n) is 5.52. The zero-order chi connectivity index (χ0) is 11.3. The number of nitrogens with zero attached hydrogens (tertiary/aromatic N) is 1. The maximum Gasteiger partial charge on any atom is 0.205 e. The van der Waals surface area contributed by atoms with Gasteiger partial charge in [0, 0.05) is 25.1 Å². The van der Waals surface area contributed by atoms with Crippen molar-refractivity contribution >= 4 is 5.96 Å². The summed E-state index contributed by atoms with van der Waals surface area (Å²) < 4.78 is 5.47. The van der Waals surface area contributed by atoms with Crippen LogP contribution in [-0.4, -0.2) is 31.3 Å². The third-order valence-corrected chi connectivity index (χ3v) is 2.58. The van der Waals surface area contributed by atoms with Gasteiger partial charge in [-0.2, -0.15) is 0 Å². The molecular weight excluding hydrogens is 192 g/mol. The fourth-order valence-corrected chi connectivity index (χ4v) is 1.63. The maximum atomic E-state index is 5.47. The molecule has 0 amide bonds. The molecule has 88 valence electrons. The fourth-order valence-electron chi connectivity index (χ4n) is 1.63. The van der Waals surface area contributed by atoms with Gasteiger partial charge in [-0.25, -0.2) is 5.84 Å². The minimum atomic E-state index is 0.312. The molecule has 0 spiro atoms. The Morgan fingerprint density at radius 3 is 2.80 bits per heavy atom. The molecule has 0 radical (unpaired) electrons. The summed E-state index contributed by atoms with van der Waals surface area (Å²) in [5.41, 5.74) is 2.57. The molecule has 4 N–H and O–H groups in total. The van der Waals surface area contributed by atoms with Crippen LogP contribution in [0.15, 0.2) is 4.99 Å². The molecular formula is C10H22N4O. The SMILES string of the molecule is CC(C)NC(=NCC1CCOC1C)NN. The maximum absolute atomic E-state index is 5.47. The van der Waals surface area contributed by atoms with Gasteiger partial charge in [-0.1, -0.05) is 0 Å². The predicted octanol–water partition coefficient (Wildman–Crippen LogP) is 0.229. The van der Waals surface area contributed by atoms with Crippen LogP contribution in [0.4, 0.5) is 0 Å². The molecule has 0 saturated carbocycles. The molecule has 2 atom stereocenters. The number of nitrogens with two attached hydrogens (primary N) is 1. The van der Waals surface area contributed by atoms with Gasteiger partial charge in [0.2, 0.25) is 5.96 Å². The zero-order valence-electron chi connectivity index (χ0n) is 9.79. The van der Waals surface area contributed by atoms with Gasteiger partial charge in [-0.3, -0.25) is 10.4 Å². The summed E-state index contributed by atoms with van der Waals surface area (Å²) in [5, 5.41) is 3.14. The number of aliphatic imine (C=N–C) groups is 1. The van der Waals surface area contributed by atoms with E-state index in [1.807, 2.05) is 13.8 Å². The lowest BCUT2D eigenvalue weighted by atomic mass is 10.0. The summed E-state index contributed by atoms with van der Waals surface area (Å²) in [5.74, 6) is 6.54. The Labute approximate surface area is 91.4 Å². The molecule has 0 bridgehead atoms. The minimum absolute atomic E-state index is 0.312. The van der Waals surface area contributed by atoms with E-state index in [4.69, 9.17) is 10.6 Å². The standard InChI is InChI=1S/C10H22N4O/c1-7(2)13-10(14-11)12-6-9-4-5-15-8(9)3/h7-9H,4-6,11H2,1-3H3,(H2,12,13,14). The quantitative estimate of drug-likeness (QED) is 0.272. The molecule has 1 aliphatic heterocycles. The van der Waals surface area contributed by atoms with E-state index in [0.29, 0.717) is 24.0 Å². The number of ether oxygens (including phenoxy) is 1. The first-order chi connectivity index (χ1) is 7.13. The molecule has 5 heteroatoms. The Hall–Kier alpha value is -0.810. The molecule has 1 saturated heterocycles. The number of hydrogen-bond donors (Lipinski definition) is 3. The van der Waals surface area contributed by atoms with E-state index in [9.17, 15) is 0 Å². The van der Waals surface area contributed by atoms with E-state index in [-0.39, 0.29) is 0 Å². The van der Waals surface area contributed by atoms with Gasteiger partial charge >= 0.3 is 0 Å². The summed E-state index contributed by atoms with van der Waals surface area (Å²) in [6.07, 6.45) is 1.40. The van der Waals surface area contributed by atoms with Gasteiger partial charge < -0.3 is 10.1 Å². The highest BCUT2D eigenvalue weighted by atomic mass is 16.5. The molecule has 1 heterocycles. The fraction of sp³-hybridized carbons (Fsp3) is 0.900. The number of nitrogens with one attached hydrogen (secondary N) is 2. The molecule has 15 heavy (non-hydrogen) atoms. The van der Waals surface area contributed by atoms with Crippen molar-refractivity contribution < 1.29 is 4.74 Å².